The van der Waals surface area contributed by atoms with Gasteiger partial charge in [-0.15, -0.1) is 0 Å². The first-order valence-corrected chi connectivity index (χ1v) is 8.86. The van der Waals surface area contributed by atoms with Crippen LogP contribution in [0, 0.1) is 5.92 Å². The number of nitrogens with one attached hydrogen (secondary N) is 1. The van der Waals surface area contributed by atoms with Crippen molar-refractivity contribution < 1.29 is 0 Å². The van der Waals surface area contributed by atoms with E-state index >= 15 is 0 Å². The van der Waals surface area contributed by atoms with Gasteiger partial charge in [0.05, 0.1) is 0 Å². The molecule has 1 aliphatic heterocycles. The Balaban J connectivity index is 2.09. The van der Waals surface area contributed by atoms with Crippen LogP contribution in [0.25, 0.3) is 0 Å². The molecule has 0 aromatic heterocycles. The molecule has 1 aliphatic rings. The lowest BCUT2D eigenvalue weighted by Crippen LogP contribution is -2.26. The predicted octanol–water partition coefficient (Wildman–Crippen LogP) is 4.86. The topological polar surface area (TPSA) is 15.3 Å². The van der Waals surface area contributed by atoms with Crippen LogP contribution < -0.4 is 10.2 Å². The second-order valence-electron chi connectivity index (χ2n) is 6.13. The summed E-state index contributed by atoms with van der Waals surface area (Å²) in [5, 5.41) is 4.27. The van der Waals surface area contributed by atoms with Crippen molar-refractivity contribution in [1.29, 1.82) is 0 Å². The van der Waals surface area contributed by atoms with E-state index in [9.17, 15) is 0 Å². The van der Waals surface area contributed by atoms with E-state index in [0.29, 0.717) is 0 Å². The van der Waals surface area contributed by atoms with E-state index in [1.54, 1.807) is 0 Å². The fourth-order valence-electron chi connectivity index (χ4n) is 3.37. The summed E-state index contributed by atoms with van der Waals surface area (Å²) in [7, 11) is 0. The zero-order chi connectivity index (χ0) is 15.1. The van der Waals surface area contributed by atoms with Gasteiger partial charge in [-0.3, -0.25) is 0 Å². The van der Waals surface area contributed by atoms with Crippen LogP contribution in [0.1, 0.15) is 51.5 Å². The molecule has 1 atom stereocenters. The maximum atomic E-state index is 6.19. The Morgan fingerprint density at radius 1 is 1.24 bits per heavy atom. The van der Waals surface area contributed by atoms with Crippen LogP contribution in [-0.4, -0.2) is 19.6 Å². The summed E-state index contributed by atoms with van der Waals surface area (Å²) < 4.78 is 0. The summed E-state index contributed by atoms with van der Waals surface area (Å²) in [6.07, 6.45) is 6.74. The van der Waals surface area contributed by atoms with Crippen LogP contribution in [0.2, 0.25) is 5.02 Å². The van der Waals surface area contributed by atoms with Gasteiger partial charge in [0.15, 0.2) is 0 Å². The first-order chi connectivity index (χ1) is 10.2. The van der Waals surface area contributed by atoms with E-state index in [1.165, 1.54) is 56.4 Å². The Hall–Kier alpha value is -0.730. The monoisotopic (exact) mass is 308 g/mol. The SMILES string of the molecule is CCCC1CCCN(c2ccc(Cl)cc2CNCC)CC1. The van der Waals surface area contributed by atoms with E-state index in [4.69, 9.17) is 11.6 Å². The van der Waals surface area contributed by atoms with Crippen LogP contribution >= 0.6 is 11.6 Å². The maximum absolute atomic E-state index is 6.19. The standard InChI is InChI=1S/C18H29ClN2/c1-3-6-15-7-5-11-21(12-10-15)18-9-8-17(19)13-16(18)14-20-4-2/h8-9,13,15,20H,3-7,10-12,14H2,1-2H3. The van der Waals surface area contributed by atoms with Gasteiger partial charge in [0.1, 0.15) is 0 Å². The lowest BCUT2D eigenvalue weighted by Gasteiger charge is -2.26. The summed E-state index contributed by atoms with van der Waals surface area (Å²) >= 11 is 6.19. The Morgan fingerprint density at radius 3 is 2.86 bits per heavy atom. The first-order valence-electron chi connectivity index (χ1n) is 8.48. The molecule has 0 aliphatic carbocycles. The highest BCUT2D eigenvalue weighted by Crippen LogP contribution is 2.29. The quantitative estimate of drug-likeness (QED) is 0.807. The highest BCUT2D eigenvalue weighted by Gasteiger charge is 2.18. The number of halogens is 1. The second kappa shape index (κ2) is 8.65. The molecule has 21 heavy (non-hydrogen) atoms. The van der Waals surface area contributed by atoms with Crippen molar-refractivity contribution in [1.82, 2.24) is 5.32 Å². The lowest BCUT2D eigenvalue weighted by molar-refractivity contribution is 0.435. The van der Waals surface area contributed by atoms with Gasteiger partial charge in [0.25, 0.3) is 0 Å². The third kappa shape index (κ3) is 4.89. The second-order valence-corrected chi connectivity index (χ2v) is 6.56. The van der Waals surface area contributed by atoms with Crippen molar-refractivity contribution >= 4 is 17.3 Å². The molecule has 118 valence electrons. The molecule has 0 saturated carbocycles. The maximum Gasteiger partial charge on any atom is 0.0412 e. The summed E-state index contributed by atoms with van der Waals surface area (Å²) in [6.45, 7) is 8.71. The van der Waals surface area contributed by atoms with Crippen LogP contribution in [-0.2, 0) is 6.54 Å². The zero-order valence-corrected chi connectivity index (χ0v) is 14.3. The molecule has 0 amide bonds. The highest BCUT2D eigenvalue weighted by molar-refractivity contribution is 6.30. The average molecular weight is 309 g/mol. The highest BCUT2D eigenvalue weighted by atomic mass is 35.5. The first kappa shape index (κ1) is 16.6. The molecular weight excluding hydrogens is 280 g/mol. The third-order valence-corrected chi connectivity index (χ3v) is 4.73. The largest absolute Gasteiger partial charge is 0.371 e. The number of anilines is 1. The normalized spacial score (nSPS) is 19.6. The minimum Gasteiger partial charge on any atom is -0.371 e. The molecule has 1 unspecified atom stereocenters. The summed E-state index contributed by atoms with van der Waals surface area (Å²) in [5.74, 6) is 0.921. The summed E-state index contributed by atoms with van der Waals surface area (Å²) in [5.41, 5.74) is 2.70. The van der Waals surface area contributed by atoms with Crippen molar-refractivity contribution in [2.24, 2.45) is 5.92 Å². The van der Waals surface area contributed by atoms with Crippen molar-refractivity contribution in [2.45, 2.75) is 52.5 Å². The Labute approximate surface area is 134 Å². The molecular formula is C18H29ClN2. The number of nitrogens with zero attached hydrogens (tertiary/aromatic N) is 1. The van der Waals surface area contributed by atoms with Crippen molar-refractivity contribution in [3.05, 3.63) is 28.8 Å². The van der Waals surface area contributed by atoms with Crippen LogP contribution in [0.5, 0.6) is 0 Å². The molecule has 1 heterocycles. The minimum atomic E-state index is 0.838. The van der Waals surface area contributed by atoms with E-state index in [-0.39, 0.29) is 0 Å². The zero-order valence-electron chi connectivity index (χ0n) is 13.5. The number of benzene rings is 1. The van der Waals surface area contributed by atoms with E-state index < -0.39 is 0 Å². The van der Waals surface area contributed by atoms with Crippen LogP contribution in [0.15, 0.2) is 18.2 Å². The van der Waals surface area contributed by atoms with Crippen LogP contribution in [0.4, 0.5) is 5.69 Å². The number of hydrogen-bond donors (Lipinski definition) is 1. The molecule has 0 radical (unpaired) electrons. The van der Waals surface area contributed by atoms with Gasteiger partial charge in [0, 0.05) is 30.3 Å². The van der Waals surface area contributed by atoms with Gasteiger partial charge in [-0.1, -0.05) is 38.3 Å². The molecule has 0 bridgehead atoms. The minimum absolute atomic E-state index is 0.838. The van der Waals surface area contributed by atoms with Crippen molar-refractivity contribution in [2.75, 3.05) is 24.5 Å². The van der Waals surface area contributed by atoms with Crippen molar-refractivity contribution in [3.63, 3.8) is 0 Å². The fourth-order valence-corrected chi connectivity index (χ4v) is 3.56. The van der Waals surface area contributed by atoms with Crippen LogP contribution in [0.3, 0.4) is 0 Å². The van der Waals surface area contributed by atoms with E-state index in [0.717, 1.165) is 24.0 Å². The molecule has 1 aromatic rings. The Kier molecular flexibility index (Phi) is 6.85. The predicted molar refractivity (Wildman–Crippen MR) is 93.3 cm³/mol. The summed E-state index contributed by atoms with van der Waals surface area (Å²) in [6, 6.07) is 6.35. The number of rotatable bonds is 6. The van der Waals surface area contributed by atoms with Gasteiger partial charge < -0.3 is 10.2 Å². The van der Waals surface area contributed by atoms with Gasteiger partial charge in [0.2, 0.25) is 0 Å². The molecule has 1 N–H and O–H groups in total. The lowest BCUT2D eigenvalue weighted by atomic mass is 9.96. The number of hydrogen-bond acceptors (Lipinski definition) is 2. The van der Waals surface area contributed by atoms with Gasteiger partial charge in [-0.2, -0.15) is 0 Å². The van der Waals surface area contributed by atoms with Gasteiger partial charge in [-0.05, 0) is 55.5 Å². The van der Waals surface area contributed by atoms with Gasteiger partial charge in [-0.25, -0.2) is 0 Å². The Morgan fingerprint density at radius 2 is 2.10 bits per heavy atom. The molecule has 2 nitrogen and oxygen atoms in total. The average Bonchev–Trinajstić information content (AvgIpc) is 2.71. The smallest absolute Gasteiger partial charge is 0.0412 e. The van der Waals surface area contributed by atoms with Crippen molar-refractivity contribution in [3.8, 4) is 0 Å². The fraction of sp³-hybridized carbons (Fsp3) is 0.667. The summed E-state index contributed by atoms with van der Waals surface area (Å²) in [4.78, 5) is 2.57. The molecule has 1 saturated heterocycles. The van der Waals surface area contributed by atoms with Gasteiger partial charge >= 0.3 is 0 Å². The molecule has 2 rings (SSSR count). The molecule has 1 aromatic carbocycles. The molecule has 1 fully saturated rings. The Bertz CT molecular complexity index is 433. The molecule has 3 heteroatoms. The molecule has 0 spiro atoms. The van der Waals surface area contributed by atoms with E-state index in [1.807, 2.05) is 6.07 Å². The van der Waals surface area contributed by atoms with E-state index in [2.05, 4.69) is 36.2 Å². The third-order valence-electron chi connectivity index (χ3n) is 4.49.